The van der Waals surface area contributed by atoms with Crippen LogP contribution in [-0.2, 0) is 0 Å². The van der Waals surface area contributed by atoms with Gasteiger partial charge in [0.05, 0.1) is 0 Å². The molecule has 1 rings (SSSR count). The topological polar surface area (TPSA) is 0 Å². The minimum absolute atomic E-state index is 0.556. The van der Waals surface area contributed by atoms with Crippen molar-refractivity contribution in [3.63, 3.8) is 0 Å². The summed E-state index contributed by atoms with van der Waals surface area (Å²) in [5.74, 6) is 1.98. The monoisotopic (exact) mass is 298 g/mol. The van der Waals surface area contributed by atoms with E-state index in [1.54, 1.807) is 0 Å². The first-order chi connectivity index (χ1) is 9.68. The minimum Gasteiger partial charge on any atom is -0.0683 e. The van der Waals surface area contributed by atoms with Crippen molar-refractivity contribution in [2.75, 3.05) is 0 Å². The van der Waals surface area contributed by atoms with E-state index < -0.39 is 0 Å². The van der Waals surface area contributed by atoms with Crippen molar-refractivity contribution in [2.24, 2.45) is 22.7 Å². The van der Waals surface area contributed by atoms with Gasteiger partial charge in [-0.3, -0.25) is 0 Å². The molecule has 0 aliphatic heterocycles. The standard InChI is InChI=1S/C11H22.C8H18.C2H6/c1-9-5-7-10(8-6-9)11(2,3)4;1-5-8(4,6-2)7-3;1-2/h9-10H,5-8H2,1-4H3;5-7H2,1-4H3;1-2H3. The van der Waals surface area contributed by atoms with Gasteiger partial charge in [-0.2, -0.15) is 0 Å². The largest absolute Gasteiger partial charge is 0.0683 e. The lowest BCUT2D eigenvalue weighted by atomic mass is 9.70. The van der Waals surface area contributed by atoms with Crippen LogP contribution in [0.3, 0.4) is 0 Å². The third kappa shape index (κ3) is 10.4. The summed E-state index contributed by atoms with van der Waals surface area (Å²) in [6, 6.07) is 0. The molecule has 0 N–H and O–H groups in total. The summed E-state index contributed by atoms with van der Waals surface area (Å²) in [7, 11) is 0. The fourth-order valence-electron chi connectivity index (χ4n) is 2.88. The van der Waals surface area contributed by atoms with E-state index in [0.717, 1.165) is 11.8 Å². The average Bonchev–Trinajstić information content (AvgIpc) is 2.48. The summed E-state index contributed by atoms with van der Waals surface area (Å²) in [6.07, 6.45) is 9.80. The number of hydrogen-bond donors (Lipinski definition) is 0. The quantitative estimate of drug-likeness (QED) is 0.493. The Morgan fingerprint density at radius 2 is 1.05 bits per heavy atom. The molecule has 0 aromatic heterocycles. The highest BCUT2D eigenvalue weighted by Gasteiger charge is 2.27. The maximum atomic E-state index is 2.39. The van der Waals surface area contributed by atoms with Crippen LogP contribution in [0, 0.1) is 22.7 Å². The molecule has 0 heterocycles. The van der Waals surface area contributed by atoms with Crippen LogP contribution < -0.4 is 0 Å². The molecule has 1 aliphatic carbocycles. The molecule has 0 spiro atoms. The van der Waals surface area contributed by atoms with Gasteiger partial charge in [0, 0.05) is 0 Å². The Morgan fingerprint density at radius 3 is 1.24 bits per heavy atom. The van der Waals surface area contributed by atoms with Crippen molar-refractivity contribution < 1.29 is 0 Å². The molecule has 1 fully saturated rings. The highest BCUT2D eigenvalue weighted by Crippen LogP contribution is 2.39. The molecule has 0 aromatic rings. The van der Waals surface area contributed by atoms with Crippen molar-refractivity contribution in [3.8, 4) is 0 Å². The van der Waals surface area contributed by atoms with E-state index in [1.807, 2.05) is 13.8 Å². The fourth-order valence-corrected chi connectivity index (χ4v) is 2.88. The second-order valence-corrected chi connectivity index (χ2v) is 8.19. The van der Waals surface area contributed by atoms with Crippen molar-refractivity contribution in [3.05, 3.63) is 0 Å². The van der Waals surface area contributed by atoms with Crippen LogP contribution in [0.1, 0.15) is 114 Å². The second-order valence-electron chi connectivity index (χ2n) is 8.19. The van der Waals surface area contributed by atoms with Gasteiger partial charge < -0.3 is 0 Å². The van der Waals surface area contributed by atoms with Gasteiger partial charge in [0.25, 0.3) is 0 Å². The summed E-state index contributed by atoms with van der Waals surface area (Å²) in [6.45, 7) is 22.7. The summed E-state index contributed by atoms with van der Waals surface area (Å²) in [5.41, 5.74) is 1.18. The van der Waals surface area contributed by atoms with Crippen molar-refractivity contribution in [2.45, 2.75) is 114 Å². The molecule has 0 heteroatoms. The Morgan fingerprint density at radius 1 is 0.714 bits per heavy atom. The minimum atomic E-state index is 0.556. The van der Waals surface area contributed by atoms with Crippen LogP contribution >= 0.6 is 0 Å². The first kappa shape index (κ1) is 23.3. The predicted octanol–water partition coefficient (Wildman–Crippen LogP) is 8.11. The first-order valence-corrected chi connectivity index (χ1v) is 9.68. The lowest BCUT2D eigenvalue weighted by Crippen LogP contribution is -2.24. The van der Waals surface area contributed by atoms with Gasteiger partial charge in [0.2, 0.25) is 0 Å². The zero-order valence-corrected chi connectivity index (χ0v) is 17.1. The summed E-state index contributed by atoms with van der Waals surface area (Å²) >= 11 is 0. The highest BCUT2D eigenvalue weighted by molar-refractivity contribution is 4.79. The Bertz CT molecular complexity index is 200. The fraction of sp³-hybridized carbons (Fsp3) is 1.00. The molecule has 0 bridgehead atoms. The van der Waals surface area contributed by atoms with E-state index in [2.05, 4.69) is 55.4 Å². The Labute approximate surface area is 137 Å². The molecular formula is C21H46. The van der Waals surface area contributed by atoms with Gasteiger partial charge in [0.1, 0.15) is 0 Å². The molecule has 0 unspecified atom stereocenters. The highest BCUT2D eigenvalue weighted by atomic mass is 14.3. The Balaban J connectivity index is 0. The van der Waals surface area contributed by atoms with Gasteiger partial charge in [-0.15, -0.1) is 0 Å². The van der Waals surface area contributed by atoms with Gasteiger partial charge in [-0.25, -0.2) is 0 Å². The average molecular weight is 299 g/mol. The zero-order chi connectivity index (χ0) is 17.1. The molecule has 0 aromatic carbocycles. The molecule has 1 saturated carbocycles. The molecule has 130 valence electrons. The molecule has 1 aliphatic rings. The van der Waals surface area contributed by atoms with Crippen LogP contribution in [0.2, 0.25) is 0 Å². The van der Waals surface area contributed by atoms with Crippen LogP contribution in [0.4, 0.5) is 0 Å². The van der Waals surface area contributed by atoms with E-state index in [9.17, 15) is 0 Å². The van der Waals surface area contributed by atoms with Crippen LogP contribution in [0.15, 0.2) is 0 Å². The van der Waals surface area contributed by atoms with Gasteiger partial charge in [0.15, 0.2) is 0 Å². The Kier molecular flexibility index (Phi) is 12.8. The van der Waals surface area contributed by atoms with Crippen molar-refractivity contribution >= 4 is 0 Å². The van der Waals surface area contributed by atoms with Crippen LogP contribution in [-0.4, -0.2) is 0 Å². The lowest BCUT2D eigenvalue weighted by Gasteiger charge is -2.35. The van der Waals surface area contributed by atoms with E-state index >= 15 is 0 Å². The molecule has 0 saturated heterocycles. The molecule has 0 radical (unpaired) electrons. The third-order valence-corrected chi connectivity index (χ3v) is 5.80. The normalized spacial score (nSPS) is 22.6. The van der Waals surface area contributed by atoms with Gasteiger partial charge >= 0.3 is 0 Å². The lowest BCUT2D eigenvalue weighted by molar-refractivity contribution is 0.155. The molecular weight excluding hydrogens is 252 g/mol. The summed E-state index contributed by atoms with van der Waals surface area (Å²) in [5, 5.41) is 0. The second kappa shape index (κ2) is 11.6. The maximum absolute atomic E-state index is 2.39. The zero-order valence-electron chi connectivity index (χ0n) is 17.1. The number of rotatable bonds is 3. The van der Waals surface area contributed by atoms with Crippen molar-refractivity contribution in [1.82, 2.24) is 0 Å². The molecule has 0 atom stereocenters. The van der Waals surface area contributed by atoms with Gasteiger partial charge in [-0.1, -0.05) is 101 Å². The molecule has 21 heavy (non-hydrogen) atoms. The summed E-state index contributed by atoms with van der Waals surface area (Å²) in [4.78, 5) is 0. The van der Waals surface area contributed by atoms with Crippen molar-refractivity contribution in [1.29, 1.82) is 0 Å². The Hall–Kier alpha value is 0. The molecule has 0 amide bonds. The molecule has 0 nitrogen and oxygen atoms in total. The van der Waals surface area contributed by atoms with Gasteiger partial charge in [-0.05, 0) is 35.5 Å². The summed E-state index contributed by atoms with van der Waals surface area (Å²) < 4.78 is 0. The van der Waals surface area contributed by atoms with E-state index in [4.69, 9.17) is 0 Å². The van der Waals surface area contributed by atoms with E-state index in [0.29, 0.717) is 10.8 Å². The van der Waals surface area contributed by atoms with E-state index in [1.165, 1.54) is 44.9 Å². The van der Waals surface area contributed by atoms with Crippen LogP contribution in [0.25, 0.3) is 0 Å². The predicted molar refractivity (Wildman–Crippen MR) is 101 cm³/mol. The van der Waals surface area contributed by atoms with E-state index in [-0.39, 0.29) is 0 Å². The third-order valence-electron chi connectivity index (χ3n) is 5.80. The van der Waals surface area contributed by atoms with Crippen LogP contribution in [0.5, 0.6) is 0 Å². The SMILES string of the molecule is CC.CC1CCC(C(C)(C)C)CC1.CCC(C)(CC)CC. The maximum Gasteiger partial charge on any atom is -0.0334 e. The number of hydrogen-bond acceptors (Lipinski definition) is 0. The first-order valence-electron chi connectivity index (χ1n) is 9.68. The smallest absolute Gasteiger partial charge is 0.0334 e.